The Labute approximate surface area is 182 Å². The van der Waals surface area contributed by atoms with Crippen LogP contribution >= 0.6 is 46.1 Å². The highest BCUT2D eigenvalue weighted by Crippen LogP contribution is 2.41. The number of carbonyl (C=O) groups is 2. The van der Waals surface area contributed by atoms with Crippen LogP contribution in [0.2, 0.25) is 0 Å². The second-order valence-electron chi connectivity index (χ2n) is 6.40. The highest BCUT2D eigenvalue weighted by atomic mass is 35.6. The maximum Gasteiger partial charge on any atom is 0.341 e. The number of ether oxygens (including phenoxy) is 1. The van der Waals surface area contributed by atoms with Crippen molar-refractivity contribution in [3.05, 3.63) is 51.9 Å². The van der Waals surface area contributed by atoms with Gasteiger partial charge in [0, 0.05) is 4.88 Å². The summed E-state index contributed by atoms with van der Waals surface area (Å²) < 4.78 is 3.10. The molecule has 1 aliphatic rings. The molecule has 0 aliphatic heterocycles. The lowest BCUT2D eigenvalue weighted by Crippen LogP contribution is -2.49. The number of methoxy groups -OCH3 is 1. The summed E-state index contributed by atoms with van der Waals surface area (Å²) in [6.45, 7) is 0. The Hall–Kier alpha value is -1.47. The van der Waals surface area contributed by atoms with Crippen LogP contribution in [0.4, 0.5) is 5.00 Å². The molecule has 0 unspecified atom stereocenters. The molecular formula is C19H19Cl3N2O3S. The smallest absolute Gasteiger partial charge is 0.341 e. The van der Waals surface area contributed by atoms with Crippen molar-refractivity contribution in [1.29, 1.82) is 0 Å². The van der Waals surface area contributed by atoms with Crippen molar-refractivity contribution in [2.45, 2.75) is 35.6 Å². The molecule has 0 saturated heterocycles. The van der Waals surface area contributed by atoms with E-state index >= 15 is 0 Å². The minimum Gasteiger partial charge on any atom is -0.465 e. The number of esters is 1. The molecule has 0 radical (unpaired) electrons. The van der Waals surface area contributed by atoms with Crippen molar-refractivity contribution in [3.63, 3.8) is 0 Å². The third-order valence-electron chi connectivity index (χ3n) is 4.43. The molecule has 2 N–H and O–H groups in total. The second kappa shape index (κ2) is 8.91. The fourth-order valence-corrected chi connectivity index (χ4v) is 4.78. The normalized spacial score (nSPS) is 14.3. The van der Waals surface area contributed by atoms with Crippen LogP contribution in [-0.2, 0) is 28.8 Å². The van der Waals surface area contributed by atoms with E-state index < -0.39 is 15.9 Å². The fourth-order valence-electron chi connectivity index (χ4n) is 3.15. The van der Waals surface area contributed by atoms with Crippen LogP contribution in [0, 0.1) is 0 Å². The Morgan fingerprint density at radius 3 is 2.57 bits per heavy atom. The number of hydrogen-bond donors (Lipinski definition) is 2. The van der Waals surface area contributed by atoms with E-state index in [0.29, 0.717) is 10.6 Å². The lowest BCUT2D eigenvalue weighted by Gasteiger charge is -2.27. The van der Waals surface area contributed by atoms with Crippen molar-refractivity contribution in [1.82, 2.24) is 5.32 Å². The van der Waals surface area contributed by atoms with E-state index in [-0.39, 0.29) is 12.3 Å². The Kier molecular flexibility index (Phi) is 6.76. The fraction of sp³-hybridized carbons (Fsp3) is 0.368. The first kappa shape index (κ1) is 21.2. The minimum absolute atomic E-state index is 0.143. The molecule has 150 valence electrons. The summed E-state index contributed by atoms with van der Waals surface area (Å²) in [5.41, 5.74) is 2.27. The zero-order valence-corrected chi connectivity index (χ0v) is 18.1. The summed E-state index contributed by atoms with van der Waals surface area (Å²) in [5.74, 6) is -0.751. The Balaban J connectivity index is 1.80. The predicted octanol–water partition coefficient (Wildman–Crippen LogP) is 4.49. The van der Waals surface area contributed by atoms with Crippen molar-refractivity contribution >= 4 is 63.0 Å². The van der Waals surface area contributed by atoms with Gasteiger partial charge in [-0.3, -0.25) is 4.79 Å². The number of anilines is 1. The average molecular weight is 462 g/mol. The molecule has 3 rings (SSSR count). The molecule has 2 aromatic rings. The first-order valence-corrected chi connectivity index (χ1v) is 10.6. The summed E-state index contributed by atoms with van der Waals surface area (Å²) >= 11 is 19.7. The highest BCUT2D eigenvalue weighted by molar-refractivity contribution is 7.16. The van der Waals surface area contributed by atoms with Gasteiger partial charge in [0.15, 0.2) is 0 Å². The number of carbonyl (C=O) groups excluding carboxylic acids is 2. The van der Waals surface area contributed by atoms with Gasteiger partial charge in [-0.05, 0) is 30.4 Å². The molecule has 1 aliphatic carbocycles. The number of aryl methyl sites for hydroxylation is 1. The van der Waals surface area contributed by atoms with Crippen LogP contribution in [0.25, 0.3) is 0 Å². The number of halogens is 3. The van der Waals surface area contributed by atoms with Gasteiger partial charge in [-0.25, -0.2) is 4.79 Å². The number of amides is 1. The molecule has 0 saturated carbocycles. The van der Waals surface area contributed by atoms with Crippen LogP contribution < -0.4 is 10.6 Å². The monoisotopic (exact) mass is 460 g/mol. The summed E-state index contributed by atoms with van der Waals surface area (Å²) in [6.07, 6.45) is 1.81. The Morgan fingerprint density at radius 1 is 1.21 bits per heavy atom. The van der Waals surface area contributed by atoms with E-state index in [9.17, 15) is 9.59 Å². The van der Waals surface area contributed by atoms with Gasteiger partial charge in [-0.15, -0.1) is 11.3 Å². The van der Waals surface area contributed by atoms with E-state index in [1.165, 1.54) is 18.4 Å². The number of hydrogen-bond acceptors (Lipinski definition) is 5. The molecule has 9 heteroatoms. The van der Waals surface area contributed by atoms with E-state index in [1.807, 2.05) is 30.3 Å². The number of benzene rings is 1. The maximum absolute atomic E-state index is 12.5. The third kappa shape index (κ3) is 4.92. The molecule has 5 nitrogen and oxygen atoms in total. The first-order chi connectivity index (χ1) is 13.3. The van der Waals surface area contributed by atoms with E-state index in [1.54, 1.807) is 0 Å². The molecule has 1 amide bonds. The molecule has 1 heterocycles. The van der Waals surface area contributed by atoms with Crippen molar-refractivity contribution in [3.8, 4) is 0 Å². The van der Waals surface area contributed by atoms with Crippen molar-refractivity contribution < 1.29 is 14.3 Å². The number of nitrogens with one attached hydrogen (secondary N) is 2. The lowest BCUT2D eigenvalue weighted by molar-refractivity contribution is -0.120. The van der Waals surface area contributed by atoms with Gasteiger partial charge in [0.1, 0.15) is 11.2 Å². The molecule has 28 heavy (non-hydrogen) atoms. The summed E-state index contributed by atoms with van der Waals surface area (Å²) in [6, 6.07) is 9.26. The summed E-state index contributed by atoms with van der Waals surface area (Å²) in [5, 5.41) is 6.29. The van der Waals surface area contributed by atoms with Crippen LogP contribution in [0.5, 0.6) is 0 Å². The number of rotatable bonds is 6. The second-order valence-corrected chi connectivity index (χ2v) is 9.88. The molecule has 1 aromatic heterocycles. The zero-order valence-electron chi connectivity index (χ0n) is 15.1. The van der Waals surface area contributed by atoms with Crippen LogP contribution in [0.1, 0.15) is 32.8 Å². The van der Waals surface area contributed by atoms with Gasteiger partial charge in [0.05, 0.1) is 19.1 Å². The van der Waals surface area contributed by atoms with E-state index in [2.05, 4.69) is 10.6 Å². The number of fused-ring (bicyclic) bond motifs is 1. The maximum atomic E-state index is 12.5. The average Bonchev–Trinajstić information content (AvgIpc) is 3.21. The molecule has 0 fully saturated rings. The molecule has 0 spiro atoms. The zero-order chi connectivity index (χ0) is 20.3. The molecule has 1 aromatic carbocycles. The van der Waals surface area contributed by atoms with Crippen LogP contribution in [-0.4, -0.2) is 28.9 Å². The van der Waals surface area contributed by atoms with Gasteiger partial charge in [-0.1, -0.05) is 65.1 Å². The Morgan fingerprint density at radius 2 is 1.93 bits per heavy atom. The van der Waals surface area contributed by atoms with Crippen LogP contribution in [0.3, 0.4) is 0 Å². The third-order valence-corrected chi connectivity index (χ3v) is 6.30. The minimum atomic E-state index is -1.83. The quantitative estimate of drug-likeness (QED) is 0.378. The largest absolute Gasteiger partial charge is 0.465 e. The van der Waals surface area contributed by atoms with Crippen molar-refractivity contribution in [2.75, 3.05) is 12.4 Å². The van der Waals surface area contributed by atoms with Gasteiger partial charge < -0.3 is 15.4 Å². The van der Waals surface area contributed by atoms with Crippen LogP contribution in [0.15, 0.2) is 30.3 Å². The topological polar surface area (TPSA) is 67.4 Å². The van der Waals surface area contributed by atoms with E-state index in [4.69, 9.17) is 39.5 Å². The molecular weight excluding hydrogens is 443 g/mol. The molecule has 0 bridgehead atoms. The van der Waals surface area contributed by atoms with E-state index in [0.717, 1.165) is 35.3 Å². The standard InChI is InChI=1S/C19H19Cl3N2O3S/c1-27-17(26)15-12-8-5-9-13(12)28-16(15)24-18(19(20,21)22)23-14(25)10-11-6-3-2-4-7-11/h2-4,6-7,18,24H,5,8-10H2,1H3,(H,23,25)/t18-/m1/s1. The SMILES string of the molecule is COC(=O)c1c(N[C@@H](NC(=O)Cc2ccccc2)C(Cl)(Cl)Cl)sc2c1CCC2. The lowest BCUT2D eigenvalue weighted by atomic mass is 10.1. The summed E-state index contributed by atoms with van der Waals surface area (Å²) in [4.78, 5) is 25.9. The van der Waals surface area contributed by atoms with Gasteiger partial charge in [0.25, 0.3) is 0 Å². The molecule has 1 atom stereocenters. The first-order valence-electron chi connectivity index (χ1n) is 8.69. The van der Waals surface area contributed by atoms with Gasteiger partial charge in [0.2, 0.25) is 9.70 Å². The van der Waals surface area contributed by atoms with Gasteiger partial charge in [-0.2, -0.15) is 0 Å². The van der Waals surface area contributed by atoms with Crippen molar-refractivity contribution in [2.24, 2.45) is 0 Å². The van der Waals surface area contributed by atoms with Gasteiger partial charge >= 0.3 is 5.97 Å². The summed E-state index contributed by atoms with van der Waals surface area (Å²) in [7, 11) is 1.33. The highest BCUT2D eigenvalue weighted by Gasteiger charge is 2.36. The predicted molar refractivity (Wildman–Crippen MR) is 114 cm³/mol. The Bertz CT molecular complexity index is 865. The number of alkyl halides is 3. The number of thiophene rings is 1.